The molecule has 1 atom stereocenters. The first kappa shape index (κ1) is 12.2. The average Bonchev–Trinajstić information content (AvgIpc) is 1.99. The van der Waals surface area contributed by atoms with E-state index in [0.29, 0.717) is 6.42 Å². The van der Waals surface area contributed by atoms with Gasteiger partial charge in [-0.25, -0.2) is 0 Å². The summed E-state index contributed by atoms with van der Waals surface area (Å²) in [6.07, 6.45) is 0.0816. The Morgan fingerprint density at radius 2 is 2.20 bits per heavy atom. The van der Waals surface area contributed by atoms with E-state index in [1.165, 1.54) is 6.92 Å². The molecule has 0 fully saturated rings. The second-order valence-corrected chi connectivity index (χ2v) is 4.79. The minimum atomic E-state index is -1.20. The van der Waals surface area contributed by atoms with Crippen molar-refractivity contribution in [2.45, 2.75) is 25.4 Å². The highest BCUT2D eigenvalue weighted by molar-refractivity contribution is 9.10. The zero-order chi connectivity index (χ0) is 11.5. The minimum Gasteiger partial charge on any atom is -0.481 e. The lowest BCUT2D eigenvalue weighted by molar-refractivity contribution is -0.141. The van der Waals surface area contributed by atoms with Crippen molar-refractivity contribution in [2.75, 3.05) is 0 Å². The van der Waals surface area contributed by atoms with Crippen LogP contribution in [-0.2, 0) is 11.2 Å². The molecule has 0 aliphatic heterocycles. The quantitative estimate of drug-likeness (QED) is 0.884. The molecule has 0 heterocycles. The molecule has 0 aliphatic rings. The van der Waals surface area contributed by atoms with Crippen molar-refractivity contribution in [1.29, 1.82) is 0 Å². The van der Waals surface area contributed by atoms with Gasteiger partial charge >= 0.3 is 5.97 Å². The molecule has 1 rings (SSSR count). The van der Waals surface area contributed by atoms with Gasteiger partial charge in [0, 0.05) is 10.9 Å². The summed E-state index contributed by atoms with van der Waals surface area (Å²) in [5, 5.41) is 18.4. The number of aliphatic hydroxyl groups is 1. The molecule has 4 heteroatoms. The van der Waals surface area contributed by atoms with Crippen LogP contribution < -0.4 is 0 Å². The first-order valence-electron chi connectivity index (χ1n) is 4.58. The summed E-state index contributed by atoms with van der Waals surface area (Å²) < 4.78 is 0.922. The van der Waals surface area contributed by atoms with E-state index in [0.717, 1.165) is 10.0 Å². The topological polar surface area (TPSA) is 57.5 Å². The summed E-state index contributed by atoms with van der Waals surface area (Å²) in [5.74, 6) is -0.991. The van der Waals surface area contributed by atoms with E-state index in [-0.39, 0.29) is 6.42 Å². The van der Waals surface area contributed by atoms with Crippen molar-refractivity contribution in [3.8, 4) is 0 Å². The van der Waals surface area contributed by atoms with Crippen molar-refractivity contribution in [2.24, 2.45) is 0 Å². The minimum absolute atomic E-state index is 0.250. The fourth-order valence-corrected chi connectivity index (χ4v) is 1.92. The Kier molecular flexibility index (Phi) is 3.88. The fourth-order valence-electron chi connectivity index (χ4n) is 1.47. The molecule has 1 unspecified atom stereocenters. The largest absolute Gasteiger partial charge is 0.481 e. The zero-order valence-corrected chi connectivity index (χ0v) is 9.99. The van der Waals surface area contributed by atoms with E-state index in [1.807, 2.05) is 24.3 Å². The van der Waals surface area contributed by atoms with Gasteiger partial charge in [-0.3, -0.25) is 4.79 Å². The normalized spacial score (nSPS) is 14.6. The summed E-state index contributed by atoms with van der Waals surface area (Å²) in [4.78, 5) is 10.5. The van der Waals surface area contributed by atoms with Gasteiger partial charge in [-0.15, -0.1) is 0 Å². The van der Waals surface area contributed by atoms with Gasteiger partial charge in [-0.2, -0.15) is 0 Å². The zero-order valence-electron chi connectivity index (χ0n) is 8.40. The molecular formula is C11H13BrO3. The SMILES string of the molecule is CC(O)(CC(=O)O)Cc1cccc(Br)c1. The lowest BCUT2D eigenvalue weighted by Crippen LogP contribution is -2.30. The maximum Gasteiger partial charge on any atom is 0.306 e. The summed E-state index contributed by atoms with van der Waals surface area (Å²) in [7, 11) is 0. The lowest BCUT2D eigenvalue weighted by Gasteiger charge is -2.21. The number of hydrogen-bond donors (Lipinski definition) is 2. The Balaban J connectivity index is 2.72. The molecule has 1 aromatic rings. The van der Waals surface area contributed by atoms with Crippen molar-refractivity contribution < 1.29 is 15.0 Å². The van der Waals surface area contributed by atoms with Gasteiger partial charge in [0.25, 0.3) is 0 Å². The molecule has 0 radical (unpaired) electrons. The van der Waals surface area contributed by atoms with Crippen LogP contribution >= 0.6 is 15.9 Å². The maximum atomic E-state index is 10.5. The Bertz CT molecular complexity index is 361. The van der Waals surface area contributed by atoms with Crippen LogP contribution in [0.1, 0.15) is 18.9 Å². The molecule has 0 saturated heterocycles. The summed E-state index contributed by atoms with van der Waals surface area (Å²) in [6, 6.07) is 7.48. The number of hydrogen-bond acceptors (Lipinski definition) is 2. The van der Waals surface area contributed by atoms with Gasteiger partial charge in [0.2, 0.25) is 0 Å². The summed E-state index contributed by atoms with van der Waals surface area (Å²) >= 11 is 3.32. The van der Waals surface area contributed by atoms with E-state index in [4.69, 9.17) is 5.11 Å². The number of carbonyl (C=O) groups is 1. The third kappa shape index (κ3) is 4.44. The average molecular weight is 273 g/mol. The van der Waals surface area contributed by atoms with Crippen LogP contribution in [-0.4, -0.2) is 21.8 Å². The Hall–Kier alpha value is -0.870. The predicted octanol–water partition coefficient (Wildman–Crippen LogP) is 2.22. The smallest absolute Gasteiger partial charge is 0.306 e. The second-order valence-electron chi connectivity index (χ2n) is 3.87. The van der Waals surface area contributed by atoms with Gasteiger partial charge in [-0.1, -0.05) is 28.1 Å². The van der Waals surface area contributed by atoms with Crippen molar-refractivity contribution in [3.63, 3.8) is 0 Å². The summed E-state index contributed by atoms with van der Waals surface area (Å²) in [6.45, 7) is 1.53. The molecule has 15 heavy (non-hydrogen) atoms. The van der Waals surface area contributed by atoms with E-state index in [1.54, 1.807) is 0 Å². The van der Waals surface area contributed by atoms with Gasteiger partial charge < -0.3 is 10.2 Å². The van der Waals surface area contributed by atoms with E-state index < -0.39 is 11.6 Å². The molecule has 0 amide bonds. The number of rotatable bonds is 4. The van der Waals surface area contributed by atoms with Crippen LogP contribution in [0.4, 0.5) is 0 Å². The second kappa shape index (κ2) is 4.77. The van der Waals surface area contributed by atoms with Crippen molar-refractivity contribution in [3.05, 3.63) is 34.3 Å². The Morgan fingerprint density at radius 1 is 1.53 bits per heavy atom. The first-order chi connectivity index (χ1) is 6.89. The molecule has 1 aromatic carbocycles. The number of benzene rings is 1. The number of carboxylic acid groups (broad SMARTS) is 1. The standard InChI is InChI=1S/C11H13BrO3/c1-11(15,7-10(13)14)6-8-3-2-4-9(12)5-8/h2-5,15H,6-7H2,1H3,(H,13,14). The van der Waals surface area contributed by atoms with Crippen LogP contribution in [0, 0.1) is 0 Å². The number of carboxylic acids is 1. The molecule has 2 N–H and O–H groups in total. The van der Waals surface area contributed by atoms with Crippen LogP contribution in [0.15, 0.2) is 28.7 Å². The van der Waals surface area contributed by atoms with E-state index >= 15 is 0 Å². The predicted molar refractivity (Wildman–Crippen MR) is 60.7 cm³/mol. The molecular weight excluding hydrogens is 260 g/mol. The summed E-state index contributed by atoms with van der Waals surface area (Å²) in [5.41, 5.74) is -0.289. The molecule has 0 spiro atoms. The van der Waals surface area contributed by atoms with Gasteiger partial charge in [-0.05, 0) is 24.6 Å². The van der Waals surface area contributed by atoms with Gasteiger partial charge in [0.05, 0.1) is 12.0 Å². The molecule has 82 valence electrons. The van der Waals surface area contributed by atoms with Crippen LogP contribution in [0.5, 0.6) is 0 Å². The fraction of sp³-hybridized carbons (Fsp3) is 0.364. The molecule has 0 saturated carbocycles. The highest BCUT2D eigenvalue weighted by Gasteiger charge is 2.24. The van der Waals surface area contributed by atoms with Crippen LogP contribution in [0.3, 0.4) is 0 Å². The van der Waals surface area contributed by atoms with Crippen LogP contribution in [0.2, 0.25) is 0 Å². The van der Waals surface area contributed by atoms with E-state index in [9.17, 15) is 9.90 Å². The van der Waals surface area contributed by atoms with Gasteiger partial charge in [0.1, 0.15) is 0 Å². The molecule has 0 aromatic heterocycles. The Morgan fingerprint density at radius 3 is 2.73 bits per heavy atom. The van der Waals surface area contributed by atoms with Crippen molar-refractivity contribution >= 4 is 21.9 Å². The van der Waals surface area contributed by atoms with Crippen molar-refractivity contribution in [1.82, 2.24) is 0 Å². The highest BCUT2D eigenvalue weighted by atomic mass is 79.9. The number of aliphatic carboxylic acids is 1. The Labute approximate surface area is 96.9 Å². The van der Waals surface area contributed by atoms with Gasteiger partial charge in [0.15, 0.2) is 0 Å². The number of halogens is 1. The first-order valence-corrected chi connectivity index (χ1v) is 5.37. The van der Waals surface area contributed by atoms with E-state index in [2.05, 4.69) is 15.9 Å². The maximum absolute atomic E-state index is 10.5. The molecule has 0 bridgehead atoms. The molecule has 0 aliphatic carbocycles. The lowest BCUT2D eigenvalue weighted by atomic mass is 9.93. The third-order valence-corrected chi connectivity index (χ3v) is 2.50. The highest BCUT2D eigenvalue weighted by Crippen LogP contribution is 2.19. The van der Waals surface area contributed by atoms with Crippen LogP contribution in [0.25, 0.3) is 0 Å². The monoisotopic (exact) mass is 272 g/mol. The third-order valence-electron chi connectivity index (χ3n) is 2.01. The molecule has 3 nitrogen and oxygen atoms in total.